The largest absolute Gasteiger partial charge is 0.508 e. The molecule has 0 aliphatic heterocycles. The van der Waals surface area contributed by atoms with Crippen molar-refractivity contribution < 1.29 is 15.0 Å². The van der Waals surface area contributed by atoms with Crippen LogP contribution in [0.1, 0.15) is 29.6 Å². The van der Waals surface area contributed by atoms with Gasteiger partial charge in [-0.05, 0) is 37.6 Å². The van der Waals surface area contributed by atoms with Crippen LogP contribution in [0.5, 0.6) is 11.5 Å². The Bertz CT molecular complexity index is 393. The van der Waals surface area contributed by atoms with Crippen LogP contribution in [0.25, 0.3) is 0 Å². The van der Waals surface area contributed by atoms with Crippen molar-refractivity contribution in [1.29, 1.82) is 0 Å². The van der Waals surface area contributed by atoms with Crippen molar-refractivity contribution in [2.45, 2.75) is 25.3 Å². The maximum Gasteiger partial charge on any atom is 0.183 e. The van der Waals surface area contributed by atoms with E-state index in [9.17, 15) is 15.0 Å². The normalized spacial score (nSPS) is 12.4. The maximum absolute atomic E-state index is 11.9. The molecule has 0 saturated carbocycles. The Morgan fingerprint density at radius 3 is 2.65 bits per heavy atom. The number of nitrogens with two attached hydrogens (primary N) is 2. The lowest BCUT2D eigenvalue weighted by Gasteiger charge is -2.11. The third-order valence-electron chi connectivity index (χ3n) is 2.55. The van der Waals surface area contributed by atoms with E-state index < -0.39 is 6.04 Å². The Balaban J connectivity index is 2.71. The van der Waals surface area contributed by atoms with E-state index in [2.05, 4.69) is 0 Å². The van der Waals surface area contributed by atoms with E-state index in [4.69, 9.17) is 11.5 Å². The summed E-state index contributed by atoms with van der Waals surface area (Å²) in [6.07, 6.45) is 2.10. The predicted octanol–water partition coefficient (Wildman–Crippen LogP) is 0.737. The van der Waals surface area contributed by atoms with Crippen molar-refractivity contribution in [3.8, 4) is 11.5 Å². The molecule has 0 bridgehead atoms. The van der Waals surface area contributed by atoms with Crippen LogP contribution >= 0.6 is 0 Å². The fourth-order valence-electron chi connectivity index (χ4n) is 1.56. The van der Waals surface area contributed by atoms with Crippen LogP contribution in [0.4, 0.5) is 0 Å². The molecule has 0 fully saturated rings. The van der Waals surface area contributed by atoms with Crippen LogP contribution in [0, 0.1) is 0 Å². The van der Waals surface area contributed by atoms with Gasteiger partial charge in [0, 0.05) is 0 Å². The number of phenolic OH excluding ortho intramolecular Hbond substituents is 2. The second-order valence-electron chi connectivity index (χ2n) is 3.96. The zero-order valence-electron chi connectivity index (χ0n) is 9.60. The first kappa shape index (κ1) is 13.5. The third kappa shape index (κ3) is 3.72. The van der Waals surface area contributed by atoms with Gasteiger partial charge in [-0.1, -0.05) is 6.42 Å². The van der Waals surface area contributed by atoms with Gasteiger partial charge in [-0.2, -0.15) is 0 Å². The fraction of sp³-hybridized carbons (Fsp3) is 0.417. The highest BCUT2D eigenvalue weighted by Gasteiger charge is 2.19. The van der Waals surface area contributed by atoms with Crippen LogP contribution in [-0.4, -0.2) is 28.6 Å². The summed E-state index contributed by atoms with van der Waals surface area (Å²) in [6.45, 7) is 0.568. The number of carbonyl (C=O) groups is 1. The highest BCUT2D eigenvalue weighted by atomic mass is 16.3. The first-order valence-corrected chi connectivity index (χ1v) is 5.58. The molecule has 1 aromatic carbocycles. The minimum Gasteiger partial charge on any atom is -0.508 e. The van der Waals surface area contributed by atoms with Crippen LogP contribution < -0.4 is 11.5 Å². The molecule has 0 saturated heterocycles. The van der Waals surface area contributed by atoms with Crippen LogP contribution in [-0.2, 0) is 0 Å². The summed E-state index contributed by atoms with van der Waals surface area (Å²) in [6, 6.07) is 3.14. The Labute approximate surface area is 100 Å². The van der Waals surface area contributed by atoms with Crippen LogP contribution in [0.15, 0.2) is 18.2 Å². The molecule has 0 aliphatic carbocycles. The summed E-state index contributed by atoms with van der Waals surface area (Å²) in [5.41, 5.74) is 11.1. The Kier molecular flexibility index (Phi) is 4.93. The van der Waals surface area contributed by atoms with E-state index in [1.807, 2.05) is 0 Å². The number of carbonyl (C=O) groups excluding carboxylic acids is 1. The molecule has 17 heavy (non-hydrogen) atoms. The molecule has 94 valence electrons. The number of hydrogen-bond acceptors (Lipinski definition) is 5. The molecule has 0 heterocycles. The highest BCUT2D eigenvalue weighted by molar-refractivity contribution is 6.02. The van der Waals surface area contributed by atoms with Gasteiger partial charge in [0.15, 0.2) is 5.78 Å². The van der Waals surface area contributed by atoms with E-state index in [-0.39, 0.29) is 22.8 Å². The molecular weight excluding hydrogens is 220 g/mol. The molecule has 1 aromatic rings. The second kappa shape index (κ2) is 6.22. The van der Waals surface area contributed by atoms with Gasteiger partial charge >= 0.3 is 0 Å². The second-order valence-corrected chi connectivity index (χ2v) is 3.96. The van der Waals surface area contributed by atoms with Gasteiger partial charge in [-0.15, -0.1) is 0 Å². The minimum absolute atomic E-state index is 0.0604. The average molecular weight is 238 g/mol. The molecule has 5 heteroatoms. The quantitative estimate of drug-likeness (QED) is 0.332. The number of phenols is 2. The number of ketones is 1. The molecule has 1 atom stereocenters. The predicted molar refractivity (Wildman–Crippen MR) is 65.0 cm³/mol. The zero-order valence-corrected chi connectivity index (χ0v) is 9.60. The molecule has 6 N–H and O–H groups in total. The maximum atomic E-state index is 11.9. The van der Waals surface area contributed by atoms with Crippen molar-refractivity contribution in [3.05, 3.63) is 23.8 Å². The van der Waals surface area contributed by atoms with E-state index in [1.165, 1.54) is 18.2 Å². The molecule has 0 spiro atoms. The smallest absolute Gasteiger partial charge is 0.183 e. The van der Waals surface area contributed by atoms with E-state index in [0.29, 0.717) is 13.0 Å². The van der Waals surface area contributed by atoms with Gasteiger partial charge in [-0.25, -0.2) is 0 Å². The van der Waals surface area contributed by atoms with Gasteiger partial charge in [0.1, 0.15) is 11.5 Å². The monoisotopic (exact) mass is 238 g/mol. The number of aromatic hydroxyl groups is 2. The first-order valence-electron chi connectivity index (χ1n) is 5.58. The number of rotatable bonds is 6. The van der Waals surface area contributed by atoms with E-state index in [1.54, 1.807) is 0 Å². The lowest BCUT2D eigenvalue weighted by Crippen LogP contribution is -2.30. The van der Waals surface area contributed by atoms with E-state index >= 15 is 0 Å². The molecule has 0 unspecified atom stereocenters. The lowest BCUT2D eigenvalue weighted by atomic mass is 9.99. The molecule has 1 rings (SSSR count). The third-order valence-corrected chi connectivity index (χ3v) is 2.55. The number of unbranched alkanes of at least 4 members (excludes halogenated alkanes) is 1. The Hall–Kier alpha value is -1.59. The van der Waals surface area contributed by atoms with Gasteiger partial charge in [0.25, 0.3) is 0 Å². The van der Waals surface area contributed by atoms with Gasteiger partial charge in [0.05, 0.1) is 11.6 Å². The SMILES string of the molecule is NCCCC[C@H](N)C(=O)c1cc(O)ccc1O. The minimum atomic E-state index is -0.672. The molecule has 0 amide bonds. The van der Waals surface area contributed by atoms with Gasteiger partial charge in [-0.3, -0.25) is 4.79 Å². The standard InChI is InChI=1S/C12H18N2O3/c13-6-2-1-3-10(14)12(17)9-7-8(15)4-5-11(9)16/h4-5,7,10,15-16H,1-3,6,13-14H2/t10-/m0/s1. The van der Waals surface area contributed by atoms with Gasteiger partial charge < -0.3 is 21.7 Å². The number of Topliss-reactive ketones (excluding diaryl/α,β-unsaturated/α-hetero) is 1. The Morgan fingerprint density at radius 1 is 1.29 bits per heavy atom. The summed E-state index contributed by atoms with van der Waals surface area (Å²) in [7, 11) is 0. The molecular formula is C12H18N2O3. The zero-order chi connectivity index (χ0) is 12.8. The summed E-state index contributed by atoms with van der Waals surface area (Å²) < 4.78 is 0. The lowest BCUT2D eigenvalue weighted by molar-refractivity contribution is 0.0953. The van der Waals surface area contributed by atoms with Crippen molar-refractivity contribution in [3.63, 3.8) is 0 Å². The topological polar surface area (TPSA) is 110 Å². The van der Waals surface area contributed by atoms with Crippen LogP contribution in [0.2, 0.25) is 0 Å². The van der Waals surface area contributed by atoms with Crippen molar-refractivity contribution in [2.24, 2.45) is 11.5 Å². The molecule has 0 aliphatic rings. The van der Waals surface area contributed by atoms with Crippen molar-refractivity contribution in [2.75, 3.05) is 6.54 Å². The summed E-state index contributed by atoms with van der Waals surface area (Å²) in [4.78, 5) is 11.9. The average Bonchev–Trinajstić information content (AvgIpc) is 2.31. The molecule has 5 nitrogen and oxygen atoms in total. The van der Waals surface area contributed by atoms with Gasteiger partial charge in [0.2, 0.25) is 0 Å². The summed E-state index contributed by atoms with van der Waals surface area (Å²) in [5.74, 6) is -0.599. The van der Waals surface area contributed by atoms with Crippen molar-refractivity contribution in [1.82, 2.24) is 0 Å². The number of benzene rings is 1. The van der Waals surface area contributed by atoms with E-state index in [0.717, 1.165) is 12.8 Å². The number of hydrogen-bond donors (Lipinski definition) is 4. The fourth-order valence-corrected chi connectivity index (χ4v) is 1.56. The highest BCUT2D eigenvalue weighted by Crippen LogP contribution is 2.23. The Morgan fingerprint density at radius 2 is 2.00 bits per heavy atom. The van der Waals surface area contributed by atoms with Crippen molar-refractivity contribution >= 4 is 5.78 Å². The molecule has 0 aromatic heterocycles. The van der Waals surface area contributed by atoms with Crippen LogP contribution in [0.3, 0.4) is 0 Å². The summed E-state index contributed by atoms with van der Waals surface area (Å²) >= 11 is 0. The summed E-state index contributed by atoms with van der Waals surface area (Å²) in [5, 5.41) is 18.8. The molecule has 0 radical (unpaired) electrons. The first-order chi connectivity index (χ1) is 8.06.